The van der Waals surface area contributed by atoms with Crippen LogP contribution in [-0.2, 0) is 0 Å². The Morgan fingerprint density at radius 1 is 1.34 bits per heavy atom. The third kappa shape index (κ3) is 3.92. The molecule has 3 aromatic rings. The molecule has 1 aliphatic rings. The summed E-state index contributed by atoms with van der Waals surface area (Å²) in [6.45, 7) is 0.265. The van der Waals surface area contributed by atoms with Gasteiger partial charge in [-0.3, -0.25) is 4.79 Å². The molecule has 1 aliphatic heterocycles. The average molecular weight is 399 g/mol. The highest BCUT2D eigenvalue weighted by atomic mass is 19.1. The van der Waals surface area contributed by atoms with Crippen molar-refractivity contribution < 1.29 is 19.4 Å². The summed E-state index contributed by atoms with van der Waals surface area (Å²) in [5.41, 5.74) is 1.64. The molecule has 8 nitrogen and oxygen atoms in total. The topological polar surface area (TPSA) is 103 Å². The predicted octanol–water partition coefficient (Wildman–Crippen LogP) is 1.29. The number of fused-ring (bicyclic) bond motifs is 1. The van der Waals surface area contributed by atoms with Crippen LogP contribution in [0.1, 0.15) is 34.9 Å². The second kappa shape index (κ2) is 8.14. The Morgan fingerprint density at radius 2 is 2.21 bits per heavy atom. The van der Waals surface area contributed by atoms with E-state index in [-0.39, 0.29) is 24.1 Å². The van der Waals surface area contributed by atoms with Crippen molar-refractivity contribution in [2.24, 2.45) is 0 Å². The van der Waals surface area contributed by atoms with Crippen molar-refractivity contribution >= 4 is 17.4 Å². The minimum Gasteiger partial charge on any atom is -0.394 e. The number of hydrogen-bond donors (Lipinski definition) is 3. The van der Waals surface area contributed by atoms with Gasteiger partial charge in [0.05, 0.1) is 24.9 Å². The molecular formula is C20H22FN5O3. The number of aliphatic hydroxyl groups excluding tert-OH is 2. The van der Waals surface area contributed by atoms with E-state index in [1.807, 2.05) is 12.1 Å². The number of halogens is 1. The first kappa shape index (κ1) is 19.3. The normalized spacial score (nSPS) is 17.6. The van der Waals surface area contributed by atoms with E-state index in [1.165, 1.54) is 16.8 Å². The van der Waals surface area contributed by atoms with Crippen molar-refractivity contribution in [1.82, 2.24) is 19.9 Å². The molecule has 2 aromatic heterocycles. The minimum atomic E-state index is -1.03. The molecule has 2 atom stereocenters. The van der Waals surface area contributed by atoms with Crippen molar-refractivity contribution in [3.63, 3.8) is 0 Å². The summed E-state index contributed by atoms with van der Waals surface area (Å²) in [6.07, 6.45) is 2.23. The summed E-state index contributed by atoms with van der Waals surface area (Å²) in [7, 11) is 0. The predicted molar refractivity (Wildman–Crippen MR) is 104 cm³/mol. The fourth-order valence-corrected chi connectivity index (χ4v) is 3.64. The van der Waals surface area contributed by atoms with Crippen LogP contribution in [0.5, 0.6) is 0 Å². The molecule has 1 saturated heterocycles. The first-order valence-corrected chi connectivity index (χ1v) is 9.51. The molecule has 3 heterocycles. The minimum absolute atomic E-state index is 0.0103. The van der Waals surface area contributed by atoms with E-state index in [1.54, 1.807) is 18.2 Å². The fraction of sp³-hybridized carbons (Fsp3) is 0.350. The van der Waals surface area contributed by atoms with Gasteiger partial charge in [-0.1, -0.05) is 12.1 Å². The molecular weight excluding hydrogens is 377 g/mol. The van der Waals surface area contributed by atoms with Gasteiger partial charge in [0.15, 0.2) is 11.3 Å². The SMILES string of the molecule is O=C(NC[C@H](O)CO)c1cnc2ccc(N3CCCC3c3cccc(F)c3)nn12. The molecule has 0 radical (unpaired) electrons. The lowest BCUT2D eigenvalue weighted by atomic mass is 10.0. The summed E-state index contributed by atoms with van der Waals surface area (Å²) in [4.78, 5) is 18.7. The molecule has 9 heteroatoms. The number of hydrogen-bond acceptors (Lipinski definition) is 6. The lowest BCUT2D eigenvalue weighted by Gasteiger charge is -2.26. The van der Waals surface area contributed by atoms with Gasteiger partial charge in [0.1, 0.15) is 11.6 Å². The maximum Gasteiger partial charge on any atom is 0.271 e. The van der Waals surface area contributed by atoms with E-state index < -0.39 is 18.6 Å². The number of carbonyl (C=O) groups is 1. The second-order valence-corrected chi connectivity index (χ2v) is 7.06. The zero-order valence-electron chi connectivity index (χ0n) is 15.7. The van der Waals surface area contributed by atoms with E-state index in [4.69, 9.17) is 5.11 Å². The molecule has 1 fully saturated rings. The summed E-state index contributed by atoms with van der Waals surface area (Å²) in [5, 5.41) is 25.5. The van der Waals surface area contributed by atoms with Crippen LogP contribution < -0.4 is 10.2 Å². The fourth-order valence-electron chi connectivity index (χ4n) is 3.64. The van der Waals surface area contributed by atoms with Crippen LogP contribution in [0.4, 0.5) is 10.2 Å². The Labute approximate surface area is 166 Å². The number of anilines is 1. The Hall–Kier alpha value is -3.04. The van der Waals surface area contributed by atoms with Gasteiger partial charge in [0.2, 0.25) is 0 Å². The number of aromatic nitrogens is 3. The second-order valence-electron chi connectivity index (χ2n) is 7.06. The number of nitrogens with zero attached hydrogens (tertiary/aromatic N) is 4. The van der Waals surface area contributed by atoms with Crippen molar-refractivity contribution in [2.45, 2.75) is 25.0 Å². The van der Waals surface area contributed by atoms with Crippen molar-refractivity contribution in [2.75, 3.05) is 24.6 Å². The highest BCUT2D eigenvalue weighted by molar-refractivity contribution is 5.93. The largest absolute Gasteiger partial charge is 0.394 e. The third-order valence-electron chi connectivity index (χ3n) is 5.07. The highest BCUT2D eigenvalue weighted by Gasteiger charge is 2.28. The number of benzene rings is 1. The van der Waals surface area contributed by atoms with Gasteiger partial charge in [-0.15, -0.1) is 5.10 Å². The Balaban J connectivity index is 1.62. The number of imidazole rings is 1. The number of carbonyl (C=O) groups excluding carboxylic acids is 1. The van der Waals surface area contributed by atoms with E-state index in [0.29, 0.717) is 11.5 Å². The molecule has 3 N–H and O–H groups in total. The van der Waals surface area contributed by atoms with Crippen LogP contribution in [-0.4, -0.2) is 56.5 Å². The molecule has 152 valence electrons. The summed E-state index contributed by atoms with van der Waals surface area (Å²) >= 11 is 0. The van der Waals surface area contributed by atoms with Crippen molar-refractivity contribution in [1.29, 1.82) is 0 Å². The monoisotopic (exact) mass is 399 g/mol. The van der Waals surface area contributed by atoms with Crippen molar-refractivity contribution in [3.8, 4) is 0 Å². The third-order valence-corrected chi connectivity index (χ3v) is 5.07. The molecule has 0 spiro atoms. The maximum atomic E-state index is 13.7. The van der Waals surface area contributed by atoms with Crippen molar-refractivity contribution in [3.05, 3.63) is 59.7 Å². The van der Waals surface area contributed by atoms with Gasteiger partial charge in [-0.25, -0.2) is 13.9 Å². The van der Waals surface area contributed by atoms with Gasteiger partial charge < -0.3 is 20.4 Å². The smallest absolute Gasteiger partial charge is 0.271 e. The molecule has 0 saturated carbocycles. The standard InChI is InChI=1S/C20H22FN5O3/c21-14-4-1-3-13(9-14)16-5-2-8-25(16)19-7-6-18-22-11-17(26(18)24-19)20(29)23-10-15(28)12-27/h1,3-4,6-7,9,11,15-16,27-28H,2,5,8,10,12H2,(H,23,29)/t15-,16?/m0/s1. The van der Waals surface area contributed by atoms with Crippen LogP contribution in [0.3, 0.4) is 0 Å². The van der Waals surface area contributed by atoms with Crippen LogP contribution in [0.15, 0.2) is 42.6 Å². The number of aliphatic hydroxyl groups is 2. The van der Waals surface area contributed by atoms with Gasteiger partial charge in [-0.05, 0) is 42.7 Å². The molecule has 29 heavy (non-hydrogen) atoms. The van der Waals surface area contributed by atoms with Gasteiger partial charge in [0.25, 0.3) is 5.91 Å². The number of amides is 1. The quantitative estimate of drug-likeness (QED) is 0.577. The Kier molecular flexibility index (Phi) is 5.41. The summed E-state index contributed by atoms with van der Waals surface area (Å²) in [5.74, 6) is -0.0409. The van der Waals surface area contributed by atoms with E-state index in [0.717, 1.165) is 24.9 Å². The molecule has 0 aliphatic carbocycles. The first-order chi connectivity index (χ1) is 14.1. The first-order valence-electron chi connectivity index (χ1n) is 9.51. The number of nitrogens with one attached hydrogen (secondary N) is 1. The van der Waals surface area contributed by atoms with Crippen LogP contribution >= 0.6 is 0 Å². The van der Waals surface area contributed by atoms with Crippen LogP contribution in [0.25, 0.3) is 5.65 Å². The average Bonchev–Trinajstić information content (AvgIpc) is 3.38. The Morgan fingerprint density at radius 3 is 3.00 bits per heavy atom. The van der Waals surface area contributed by atoms with E-state index in [2.05, 4.69) is 20.3 Å². The lowest BCUT2D eigenvalue weighted by Crippen LogP contribution is -2.34. The lowest BCUT2D eigenvalue weighted by molar-refractivity contribution is 0.0797. The summed E-state index contributed by atoms with van der Waals surface area (Å²) < 4.78 is 15.1. The maximum absolute atomic E-state index is 13.7. The molecule has 1 amide bonds. The Bertz CT molecular complexity index is 1020. The number of rotatable bonds is 6. The molecule has 4 rings (SSSR count). The molecule has 0 bridgehead atoms. The van der Waals surface area contributed by atoms with E-state index >= 15 is 0 Å². The summed E-state index contributed by atoms with van der Waals surface area (Å²) in [6, 6.07) is 10.2. The zero-order valence-corrected chi connectivity index (χ0v) is 15.7. The van der Waals surface area contributed by atoms with Crippen LogP contribution in [0, 0.1) is 5.82 Å². The van der Waals surface area contributed by atoms with E-state index in [9.17, 15) is 14.3 Å². The zero-order chi connectivity index (χ0) is 20.4. The highest BCUT2D eigenvalue weighted by Crippen LogP contribution is 2.35. The van der Waals surface area contributed by atoms with Gasteiger partial charge in [-0.2, -0.15) is 0 Å². The molecule has 1 aromatic carbocycles. The van der Waals surface area contributed by atoms with Crippen LogP contribution in [0.2, 0.25) is 0 Å². The van der Waals surface area contributed by atoms with Gasteiger partial charge in [0, 0.05) is 13.1 Å². The van der Waals surface area contributed by atoms with Gasteiger partial charge >= 0.3 is 0 Å². The molecule has 1 unspecified atom stereocenters.